The van der Waals surface area contributed by atoms with Gasteiger partial charge in [0.2, 0.25) is 0 Å². The zero-order chi connectivity index (χ0) is 17.9. The molecule has 0 spiro atoms. The van der Waals surface area contributed by atoms with Crippen LogP contribution in [0.3, 0.4) is 0 Å². The Kier molecular flexibility index (Phi) is 5.18. The summed E-state index contributed by atoms with van der Waals surface area (Å²) in [5.41, 5.74) is 1.01. The molecular weight excluding hydrogens is 332 g/mol. The number of rotatable bonds is 6. The van der Waals surface area contributed by atoms with E-state index in [1.54, 1.807) is 38.2 Å². The van der Waals surface area contributed by atoms with Gasteiger partial charge in [0.1, 0.15) is 16.3 Å². The molecule has 0 radical (unpaired) electrons. The van der Waals surface area contributed by atoms with Crippen molar-refractivity contribution in [1.82, 2.24) is 4.57 Å². The van der Waals surface area contributed by atoms with Crippen molar-refractivity contribution in [1.29, 1.82) is 0 Å². The molecular formula is C16H20N2O5S. The van der Waals surface area contributed by atoms with Gasteiger partial charge in [0.15, 0.2) is 0 Å². The van der Waals surface area contributed by atoms with Crippen molar-refractivity contribution in [2.45, 2.75) is 18.7 Å². The molecule has 0 atom stereocenters. The van der Waals surface area contributed by atoms with Crippen molar-refractivity contribution in [3.8, 4) is 5.75 Å². The van der Waals surface area contributed by atoms with E-state index in [0.29, 0.717) is 23.7 Å². The monoisotopic (exact) mass is 352 g/mol. The Labute approximate surface area is 141 Å². The van der Waals surface area contributed by atoms with Gasteiger partial charge in [-0.15, -0.1) is 0 Å². The molecule has 1 aromatic carbocycles. The maximum atomic E-state index is 12.6. The second-order valence-electron chi connectivity index (χ2n) is 5.09. The lowest BCUT2D eigenvalue weighted by Crippen LogP contribution is -2.13. The number of methoxy groups -OCH3 is 1. The van der Waals surface area contributed by atoms with E-state index in [1.807, 2.05) is 6.92 Å². The Hall–Kier alpha value is -2.48. The maximum Gasteiger partial charge on any atom is 0.354 e. The molecule has 0 aliphatic rings. The highest BCUT2D eigenvalue weighted by atomic mass is 32.2. The molecule has 0 saturated heterocycles. The Morgan fingerprint density at radius 3 is 2.42 bits per heavy atom. The van der Waals surface area contributed by atoms with Gasteiger partial charge in [-0.2, -0.15) is 0 Å². The molecule has 0 saturated carbocycles. The van der Waals surface area contributed by atoms with Crippen molar-refractivity contribution < 1.29 is 22.7 Å². The molecule has 2 aromatic rings. The number of nitrogens with zero attached hydrogens (tertiary/aromatic N) is 1. The van der Waals surface area contributed by atoms with Crippen LogP contribution in [0, 0.1) is 6.92 Å². The summed E-state index contributed by atoms with van der Waals surface area (Å²) >= 11 is 0. The zero-order valence-corrected chi connectivity index (χ0v) is 14.8. The first-order valence-corrected chi connectivity index (χ1v) is 8.78. The van der Waals surface area contributed by atoms with Gasteiger partial charge in [0, 0.05) is 18.4 Å². The van der Waals surface area contributed by atoms with Crippen LogP contribution in [0.25, 0.3) is 0 Å². The second kappa shape index (κ2) is 6.96. The fraction of sp³-hybridized carbons (Fsp3) is 0.312. The fourth-order valence-electron chi connectivity index (χ4n) is 2.24. The lowest BCUT2D eigenvalue weighted by atomic mass is 10.3. The highest BCUT2D eigenvalue weighted by Crippen LogP contribution is 2.24. The molecule has 0 aliphatic heterocycles. The van der Waals surface area contributed by atoms with Crippen LogP contribution < -0.4 is 9.46 Å². The van der Waals surface area contributed by atoms with Crippen LogP contribution in [-0.4, -0.2) is 32.7 Å². The molecule has 24 heavy (non-hydrogen) atoms. The van der Waals surface area contributed by atoms with E-state index in [4.69, 9.17) is 4.74 Å². The molecule has 1 heterocycles. The van der Waals surface area contributed by atoms with E-state index in [0.717, 1.165) is 0 Å². The van der Waals surface area contributed by atoms with Crippen LogP contribution in [0.15, 0.2) is 35.2 Å². The van der Waals surface area contributed by atoms with Gasteiger partial charge < -0.3 is 14.0 Å². The maximum absolute atomic E-state index is 12.6. The molecule has 1 N–H and O–H groups in total. The third-order valence-corrected chi connectivity index (χ3v) is 5.09. The van der Waals surface area contributed by atoms with E-state index in [-0.39, 0.29) is 10.6 Å². The van der Waals surface area contributed by atoms with E-state index in [2.05, 4.69) is 9.46 Å². The normalized spacial score (nSPS) is 11.2. The molecule has 1 aromatic heterocycles. The number of esters is 1. The van der Waals surface area contributed by atoms with Gasteiger partial charge in [-0.3, -0.25) is 4.72 Å². The summed E-state index contributed by atoms with van der Waals surface area (Å²) in [5.74, 6) is 0.0624. The van der Waals surface area contributed by atoms with Gasteiger partial charge in [-0.1, -0.05) is 0 Å². The Morgan fingerprint density at radius 1 is 1.25 bits per heavy atom. The summed E-state index contributed by atoms with van der Waals surface area (Å²) in [6.07, 6.45) is 0. The predicted octanol–water partition coefficient (Wildman–Crippen LogP) is 2.32. The first kappa shape index (κ1) is 17.9. The van der Waals surface area contributed by atoms with E-state index in [9.17, 15) is 13.2 Å². The Morgan fingerprint density at radius 2 is 1.88 bits per heavy atom. The topological polar surface area (TPSA) is 86.6 Å². The minimum atomic E-state index is -3.83. The second-order valence-corrected chi connectivity index (χ2v) is 6.74. The van der Waals surface area contributed by atoms with E-state index in [1.165, 1.54) is 17.7 Å². The van der Waals surface area contributed by atoms with E-state index < -0.39 is 16.0 Å². The van der Waals surface area contributed by atoms with Crippen molar-refractivity contribution in [3.05, 3.63) is 41.7 Å². The minimum absolute atomic E-state index is 0.0271. The number of ether oxygens (including phenoxy) is 2. The Bertz CT molecular complexity index is 838. The summed E-state index contributed by atoms with van der Waals surface area (Å²) in [5, 5.41) is 0. The first-order chi connectivity index (χ1) is 11.3. The van der Waals surface area contributed by atoms with Crippen LogP contribution in [0.5, 0.6) is 5.75 Å². The molecule has 0 aliphatic carbocycles. The first-order valence-electron chi connectivity index (χ1n) is 7.30. The standard InChI is InChI=1S/C16H20N2O5S/c1-5-23-13-8-6-12(7-9-13)17-24(20,21)15-10-14(16(19)22-4)18(3)11(15)2/h6-10,17H,5H2,1-4H3. The minimum Gasteiger partial charge on any atom is -0.494 e. The van der Waals surface area contributed by atoms with Crippen LogP contribution in [0.1, 0.15) is 23.1 Å². The van der Waals surface area contributed by atoms with Crippen molar-refractivity contribution in [2.24, 2.45) is 7.05 Å². The summed E-state index contributed by atoms with van der Waals surface area (Å²) in [6.45, 7) is 4.03. The SMILES string of the molecule is CCOc1ccc(NS(=O)(=O)c2cc(C(=O)OC)n(C)c2C)cc1. The smallest absolute Gasteiger partial charge is 0.354 e. The predicted molar refractivity (Wildman–Crippen MR) is 89.9 cm³/mol. The average Bonchev–Trinajstić information content (AvgIpc) is 2.85. The number of anilines is 1. The van der Waals surface area contributed by atoms with Crippen molar-refractivity contribution in [2.75, 3.05) is 18.4 Å². The van der Waals surface area contributed by atoms with Crippen LogP contribution in [0.2, 0.25) is 0 Å². The van der Waals surface area contributed by atoms with E-state index >= 15 is 0 Å². The highest BCUT2D eigenvalue weighted by molar-refractivity contribution is 7.92. The average molecular weight is 352 g/mol. The molecule has 0 amide bonds. The van der Waals surface area contributed by atoms with Gasteiger partial charge >= 0.3 is 5.97 Å². The largest absolute Gasteiger partial charge is 0.494 e. The summed E-state index contributed by atoms with van der Waals surface area (Å²) in [6, 6.07) is 7.89. The number of hydrogen-bond acceptors (Lipinski definition) is 5. The van der Waals surface area contributed by atoms with Crippen LogP contribution in [-0.2, 0) is 21.8 Å². The lowest BCUT2D eigenvalue weighted by molar-refractivity contribution is 0.0589. The van der Waals surface area contributed by atoms with Crippen LogP contribution >= 0.6 is 0 Å². The van der Waals surface area contributed by atoms with Gasteiger partial charge in [-0.25, -0.2) is 13.2 Å². The number of hydrogen-bond donors (Lipinski definition) is 1. The quantitative estimate of drug-likeness (QED) is 0.806. The fourth-order valence-corrected chi connectivity index (χ4v) is 3.59. The number of carbonyl (C=O) groups excluding carboxylic acids is 1. The molecule has 2 rings (SSSR count). The van der Waals surface area contributed by atoms with Crippen molar-refractivity contribution in [3.63, 3.8) is 0 Å². The summed E-state index contributed by atoms with van der Waals surface area (Å²) in [4.78, 5) is 11.7. The molecule has 0 unspecified atom stereocenters. The number of carbonyl (C=O) groups is 1. The number of benzene rings is 1. The molecule has 130 valence electrons. The molecule has 0 bridgehead atoms. The molecule has 7 nitrogen and oxygen atoms in total. The number of sulfonamides is 1. The zero-order valence-electron chi connectivity index (χ0n) is 14.0. The number of nitrogens with one attached hydrogen (secondary N) is 1. The lowest BCUT2D eigenvalue weighted by Gasteiger charge is -2.09. The highest BCUT2D eigenvalue weighted by Gasteiger charge is 2.24. The third-order valence-electron chi connectivity index (χ3n) is 3.59. The van der Waals surface area contributed by atoms with Crippen molar-refractivity contribution >= 4 is 21.7 Å². The molecule has 8 heteroatoms. The van der Waals surface area contributed by atoms with Gasteiger partial charge in [0.05, 0.1) is 13.7 Å². The van der Waals surface area contributed by atoms with Gasteiger partial charge in [-0.05, 0) is 44.2 Å². The van der Waals surface area contributed by atoms with Gasteiger partial charge in [0.25, 0.3) is 10.0 Å². The Balaban J connectivity index is 2.32. The third kappa shape index (κ3) is 3.53. The summed E-state index contributed by atoms with van der Waals surface area (Å²) in [7, 11) is -0.976. The summed E-state index contributed by atoms with van der Waals surface area (Å²) < 4.78 is 39.2. The van der Waals surface area contributed by atoms with Crippen LogP contribution in [0.4, 0.5) is 5.69 Å². The molecule has 0 fully saturated rings. The number of aromatic nitrogens is 1.